The van der Waals surface area contributed by atoms with Crippen molar-refractivity contribution in [3.05, 3.63) is 131 Å². The summed E-state index contributed by atoms with van der Waals surface area (Å²) in [6.07, 6.45) is 1.41. The quantitative estimate of drug-likeness (QED) is 0.164. The number of ether oxygens (including phenoxy) is 2. The molecule has 3 unspecified atom stereocenters. The van der Waals surface area contributed by atoms with Crippen LogP contribution in [0.1, 0.15) is 51.6 Å². The van der Waals surface area contributed by atoms with E-state index in [2.05, 4.69) is 21.4 Å². The average molecular weight is 635 g/mol. The zero-order valence-electron chi connectivity index (χ0n) is 24.2. The first-order valence-electron chi connectivity index (χ1n) is 14.7. The summed E-state index contributed by atoms with van der Waals surface area (Å²) >= 11 is 3.40. The Morgan fingerprint density at radius 2 is 1.56 bits per heavy atom. The number of amides is 1. The first-order valence-corrected chi connectivity index (χ1v) is 16.5. The SMILES string of the molecule is O=C(NCc1ccc(C2OC(CSc3nc4ccccc4s3)CC(c3ccc(CO)cc3)O2)cc1)c1cnc2ccccc2n1. The Morgan fingerprint density at radius 1 is 0.844 bits per heavy atom. The largest absolute Gasteiger partial charge is 0.392 e. The Labute approximate surface area is 268 Å². The van der Waals surface area contributed by atoms with E-state index in [1.807, 2.05) is 91.0 Å². The Hall–Kier alpha value is -4.19. The van der Waals surface area contributed by atoms with Crippen molar-refractivity contribution in [3.63, 3.8) is 0 Å². The molecule has 3 atom stereocenters. The summed E-state index contributed by atoms with van der Waals surface area (Å²) < 4.78 is 15.2. The molecule has 1 aliphatic heterocycles. The van der Waals surface area contributed by atoms with Gasteiger partial charge in [-0.3, -0.25) is 9.78 Å². The van der Waals surface area contributed by atoms with Gasteiger partial charge >= 0.3 is 0 Å². The van der Waals surface area contributed by atoms with Crippen LogP contribution in [-0.2, 0) is 22.6 Å². The van der Waals surface area contributed by atoms with E-state index in [4.69, 9.17) is 14.5 Å². The number of benzene rings is 4. The third-order valence-electron chi connectivity index (χ3n) is 7.67. The van der Waals surface area contributed by atoms with E-state index in [9.17, 15) is 9.90 Å². The highest BCUT2D eigenvalue weighted by atomic mass is 32.2. The van der Waals surface area contributed by atoms with Gasteiger partial charge in [-0.15, -0.1) is 11.3 Å². The lowest BCUT2D eigenvalue weighted by Gasteiger charge is -2.36. The van der Waals surface area contributed by atoms with Gasteiger partial charge in [0.05, 0.1) is 46.3 Å². The van der Waals surface area contributed by atoms with Crippen LogP contribution < -0.4 is 5.32 Å². The molecule has 7 rings (SSSR count). The molecule has 1 amide bonds. The molecule has 8 nitrogen and oxygen atoms in total. The predicted octanol–water partition coefficient (Wildman–Crippen LogP) is 7.00. The van der Waals surface area contributed by atoms with Crippen molar-refractivity contribution in [3.8, 4) is 0 Å². The van der Waals surface area contributed by atoms with Crippen LogP contribution in [0.4, 0.5) is 0 Å². The van der Waals surface area contributed by atoms with Gasteiger partial charge in [-0.25, -0.2) is 9.97 Å². The number of aromatic nitrogens is 3. The number of hydrogen-bond acceptors (Lipinski definition) is 9. The van der Waals surface area contributed by atoms with Gasteiger partial charge in [0.15, 0.2) is 10.6 Å². The van der Waals surface area contributed by atoms with Crippen LogP contribution in [0.15, 0.2) is 108 Å². The fourth-order valence-corrected chi connectivity index (χ4v) is 7.34. The average Bonchev–Trinajstić information content (AvgIpc) is 3.53. The molecule has 4 aromatic carbocycles. The molecule has 0 spiro atoms. The highest BCUT2D eigenvalue weighted by Gasteiger charge is 2.32. The van der Waals surface area contributed by atoms with E-state index < -0.39 is 6.29 Å². The van der Waals surface area contributed by atoms with Gasteiger partial charge < -0.3 is 19.9 Å². The van der Waals surface area contributed by atoms with E-state index in [1.165, 1.54) is 10.9 Å². The summed E-state index contributed by atoms with van der Waals surface area (Å²) in [6, 6.07) is 31.4. The molecular formula is C35H30N4O4S2. The number of rotatable bonds is 9. The van der Waals surface area contributed by atoms with Crippen molar-refractivity contribution in [1.82, 2.24) is 20.3 Å². The van der Waals surface area contributed by atoms with E-state index >= 15 is 0 Å². The number of carbonyl (C=O) groups excluding carboxylic acids is 1. The number of para-hydroxylation sites is 3. The molecule has 226 valence electrons. The molecule has 45 heavy (non-hydrogen) atoms. The van der Waals surface area contributed by atoms with Gasteiger partial charge in [-0.2, -0.15) is 0 Å². The van der Waals surface area contributed by atoms with Crippen LogP contribution in [0.25, 0.3) is 21.3 Å². The number of aliphatic hydroxyl groups is 1. The normalized spacial score (nSPS) is 18.3. The van der Waals surface area contributed by atoms with Gasteiger partial charge in [-0.1, -0.05) is 84.6 Å². The number of fused-ring (bicyclic) bond motifs is 2. The summed E-state index contributed by atoms with van der Waals surface area (Å²) in [7, 11) is 0. The number of hydrogen-bond donors (Lipinski definition) is 2. The van der Waals surface area contributed by atoms with Crippen molar-refractivity contribution < 1.29 is 19.4 Å². The Morgan fingerprint density at radius 3 is 2.33 bits per heavy atom. The monoisotopic (exact) mass is 634 g/mol. The third-order valence-corrected chi connectivity index (χ3v) is 9.98. The minimum absolute atomic E-state index is 0.00142. The lowest BCUT2D eigenvalue weighted by molar-refractivity contribution is -0.245. The van der Waals surface area contributed by atoms with E-state index in [-0.39, 0.29) is 30.4 Å². The molecule has 3 heterocycles. The minimum Gasteiger partial charge on any atom is -0.392 e. The second-order valence-corrected chi connectivity index (χ2v) is 13.1. The fourth-order valence-electron chi connectivity index (χ4n) is 5.23. The van der Waals surface area contributed by atoms with E-state index in [0.717, 1.165) is 43.4 Å². The standard InChI is InChI=1S/C35H30N4O4S2/c40-20-23-11-13-24(14-12-23)31-17-26(21-44-35-39-29-7-3-4-8-32(29)45-35)42-34(43-31)25-15-9-22(10-16-25)18-37-33(41)30-19-36-27-5-1-2-6-28(27)38-30/h1-16,19,26,31,34,40H,17-18,20-21H2,(H,37,41). The molecule has 2 N–H and O–H groups in total. The van der Waals surface area contributed by atoms with Gasteiger partial charge in [0.25, 0.3) is 5.91 Å². The van der Waals surface area contributed by atoms with Gasteiger partial charge in [0.2, 0.25) is 0 Å². The number of aliphatic hydroxyl groups excluding tert-OH is 1. The highest BCUT2D eigenvalue weighted by Crippen LogP contribution is 2.40. The summed E-state index contributed by atoms with van der Waals surface area (Å²) in [5.74, 6) is 0.465. The van der Waals surface area contributed by atoms with E-state index in [1.54, 1.807) is 23.1 Å². The van der Waals surface area contributed by atoms with E-state index in [0.29, 0.717) is 18.5 Å². The van der Waals surface area contributed by atoms with Crippen LogP contribution in [0.2, 0.25) is 0 Å². The number of nitrogens with one attached hydrogen (secondary N) is 1. The fraction of sp³-hybridized carbons (Fsp3) is 0.200. The lowest BCUT2D eigenvalue weighted by Crippen LogP contribution is -2.31. The zero-order valence-corrected chi connectivity index (χ0v) is 25.8. The molecule has 10 heteroatoms. The van der Waals surface area contributed by atoms with Gasteiger partial charge in [0, 0.05) is 24.3 Å². The molecule has 0 aliphatic carbocycles. The van der Waals surface area contributed by atoms with Crippen LogP contribution in [0.5, 0.6) is 0 Å². The maximum atomic E-state index is 12.8. The number of thioether (sulfide) groups is 1. The first-order chi connectivity index (χ1) is 22.1. The Kier molecular flexibility index (Phi) is 8.81. The lowest BCUT2D eigenvalue weighted by atomic mass is 10.0. The second-order valence-electron chi connectivity index (χ2n) is 10.8. The maximum Gasteiger partial charge on any atom is 0.271 e. The summed E-state index contributed by atoms with van der Waals surface area (Å²) in [5, 5.41) is 12.4. The molecule has 2 aromatic heterocycles. The van der Waals surface area contributed by atoms with Crippen LogP contribution >= 0.6 is 23.1 Å². The molecule has 6 aromatic rings. The number of carbonyl (C=O) groups is 1. The molecule has 0 bridgehead atoms. The third kappa shape index (κ3) is 6.90. The molecule has 1 saturated heterocycles. The van der Waals surface area contributed by atoms with Crippen molar-refractivity contribution in [2.75, 3.05) is 5.75 Å². The van der Waals surface area contributed by atoms with Gasteiger partial charge in [0.1, 0.15) is 5.69 Å². The summed E-state index contributed by atoms with van der Waals surface area (Å²) in [5.41, 5.74) is 6.47. The summed E-state index contributed by atoms with van der Waals surface area (Å²) in [4.78, 5) is 26.3. The van der Waals surface area contributed by atoms with Crippen molar-refractivity contribution >= 4 is 50.3 Å². The van der Waals surface area contributed by atoms with Crippen LogP contribution in [0, 0.1) is 0 Å². The van der Waals surface area contributed by atoms with Crippen molar-refractivity contribution in [1.29, 1.82) is 0 Å². The van der Waals surface area contributed by atoms with Crippen molar-refractivity contribution in [2.45, 2.75) is 42.4 Å². The second kappa shape index (κ2) is 13.4. The molecule has 0 saturated carbocycles. The summed E-state index contributed by atoms with van der Waals surface area (Å²) in [6.45, 7) is 0.350. The topological polar surface area (TPSA) is 106 Å². The number of thiazole rings is 1. The van der Waals surface area contributed by atoms with Crippen LogP contribution in [0.3, 0.4) is 0 Å². The molecule has 1 aliphatic rings. The maximum absolute atomic E-state index is 12.8. The van der Waals surface area contributed by atoms with Crippen LogP contribution in [-0.4, -0.2) is 37.8 Å². The number of nitrogens with zero attached hydrogens (tertiary/aromatic N) is 3. The van der Waals surface area contributed by atoms with Crippen molar-refractivity contribution in [2.24, 2.45) is 0 Å². The zero-order chi connectivity index (χ0) is 30.6. The molecular weight excluding hydrogens is 605 g/mol. The Bertz CT molecular complexity index is 1900. The first kappa shape index (κ1) is 29.5. The molecule has 0 radical (unpaired) electrons. The predicted molar refractivity (Wildman–Crippen MR) is 176 cm³/mol. The molecule has 1 fully saturated rings. The van der Waals surface area contributed by atoms with Gasteiger partial charge in [-0.05, 0) is 41.0 Å². The Balaban J connectivity index is 1.03. The highest BCUT2D eigenvalue weighted by molar-refractivity contribution is 8.01. The smallest absolute Gasteiger partial charge is 0.271 e. The minimum atomic E-state index is -0.557.